The van der Waals surface area contributed by atoms with Crippen LogP contribution in [0.4, 0.5) is 0 Å². The zero-order valence-corrected chi connectivity index (χ0v) is 18.6. The first-order chi connectivity index (χ1) is 13.4. The number of thiophene rings is 1. The number of nitrogens with zero attached hydrogens (tertiary/aromatic N) is 2. The van der Waals surface area contributed by atoms with Crippen LogP contribution in [0.2, 0.25) is 0 Å². The minimum atomic E-state index is -0.111. The van der Waals surface area contributed by atoms with Crippen LogP contribution in [0.15, 0.2) is 28.7 Å². The van der Waals surface area contributed by atoms with Gasteiger partial charge in [-0.2, -0.15) is 4.98 Å². The highest BCUT2D eigenvalue weighted by Gasteiger charge is 2.22. The van der Waals surface area contributed by atoms with E-state index >= 15 is 0 Å². The number of hydrogen-bond acceptors (Lipinski definition) is 6. The molecule has 1 aromatic carbocycles. The fourth-order valence-corrected chi connectivity index (χ4v) is 4.37. The van der Waals surface area contributed by atoms with Crippen molar-refractivity contribution in [1.29, 1.82) is 0 Å². The van der Waals surface area contributed by atoms with Crippen molar-refractivity contribution in [3.8, 4) is 5.88 Å². The molecule has 3 rings (SSSR count). The Morgan fingerprint density at radius 3 is 2.61 bits per heavy atom. The normalized spacial score (nSPS) is 12.2. The van der Waals surface area contributed by atoms with Crippen LogP contribution in [0.3, 0.4) is 0 Å². The summed E-state index contributed by atoms with van der Waals surface area (Å²) in [6.45, 7) is 4.18. The number of nitrogens with one attached hydrogen (secondary N) is 1. The Hall–Kier alpha value is -2.03. The average molecular weight is 464 g/mol. The summed E-state index contributed by atoms with van der Waals surface area (Å²) in [6.07, 6.45) is 0.754. The van der Waals surface area contributed by atoms with Gasteiger partial charge in [0.2, 0.25) is 5.88 Å². The van der Waals surface area contributed by atoms with Gasteiger partial charge in [-0.3, -0.25) is 4.79 Å². The molecule has 0 aliphatic carbocycles. The van der Waals surface area contributed by atoms with Crippen LogP contribution in [-0.4, -0.2) is 36.1 Å². The standard InChI is InChI=1S/C20H22BrN3O3S/c1-11(9-13-5-7-14(21)8-6-13)22-18(25)17-12(2)16-19(27-4)23-15(10-26-3)24-20(16)28-17/h5-8,11H,9-10H2,1-4H3,(H,22,25). The van der Waals surface area contributed by atoms with E-state index in [-0.39, 0.29) is 18.6 Å². The maximum atomic E-state index is 12.9. The molecule has 0 aliphatic rings. The number of aryl methyl sites for hydroxylation is 1. The molecule has 2 heterocycles. The molecule has 0 bridgehead atoms. The number of halogens is 1. The van der Waals surface area contributed by atoms with Gasteiger partial charge in [0, 0.05) is 17.6 Å². The first-order valence-corrected chi connectivity index (χ1v) is 10.4. The largest absolute Gasteiger partial charge is 0.480 e. The number of methoxy groups -OCH3 is 2. The van der Waals surface area contributed by atoms with Crippen molar-refractivity contribution >= 4 is 43.4 Å². The molecule has 0 saturated heterocycles. The van der Waals surface area contributed by atoms with Gasteiger partial charge in [0.25, 0.3) is 5.91 Å². The number of rotatable bonds is 7. The summed E-state index contributed by atoms with van der Waals surface area (Å²) in [4.78, 5) is 23.1. The third-order valence-electron chi connectivity index (χ3n) is 4.31. The number of amides is 1. The molecule has 1 N–H and O–H groups in total. The number of benzene rings is 1. The third-order valence-corrected chi connectivity index (χ3v) is 6.02. The molecule has 3 aromatic rings. The smallest absolute Gasteiger partial charge is 0.261 e. The van der Waals surface area contributed by atoms with Gasteiger partial charge in [0.1, 0.15) is 11.4 Å². The summed E-state index contributed by atoms with van der Waals surface area (Å²) in [5, 5.41) is 3.86. The van der Waals surface area contributed by atoms with Crippen molar-refractivity contribution in [2.24, 2.45) is 0 Å². The second-order valence-electron chi connectivity index (χ2n) is 6.52. The molecular weight excluding hydrogens is 442 g/mol. The lowest BCUT2D eigenvalue weighted by atomic mass is 10.1. The summed E-state index contributed by atoms with van der Waals surface area (Å²) in [6, 6.07) is 8.10. The molecule has 148 valence electrons. The Bertz CT molecular complexity index is 989. The summed E-state index contributed by atoms with van der Waals surface area (Å²) < 4.78 is 11.6. The molecule has 6 nitrogen and oxygen atoms in total. The highest BCUT2D eigenvalue weighted by Crippen LogP contribution is 2.35. The topological polar surface area (TPSA) is 73.3 Å². The number of carbonyl (C=O) groups excluding carboxylic acids is 1. The minimum Gasteiger partial charge on any atom is -0.480 e. The van der Waals surface area contributed by atoms with Gasteiger partial charge in [-0.1, -0.05) is 28.1 Å². The van der Waals surface area contributed by atoms with E-state index in [9.17, 15) is 4.79 Å². The predicted molar refractivity (Wildman–Crippen MR) is 114 cm³/mol. The van der Waals surface area contributed by atoms with E-state index in [1.54, 1.807) is 14.2 Å². The van der Waals surface area contributed by atoms with Gasteiger partial charge >= 0.3 is 0 Å². The molecule has 1 atom stereocenters. The predicted octanol–water partition coefficient (Wildman–Crippen LogP) is 4.28. The van der Waals surface area contributed by atoms with Crippen LogP contribution in [0, 0.1) is 6.92 Å². The molecule has 0 radical (unpaired) electrons. The Balaban J connectivity index is 1.82. The summed E-state index contributed by atoms with van der Waals surface area (Å²) in [5.74, 6) is 0.886. The lowest BCUT2D eigenvalue weighted by Crippen LogP contribution is -2.33. The molecule has 1 amide bonds. The van der Waals surface area contributed by atoms with Gasteiger partial charge in [-0.25, -0.2) is 4.98 Å². The minimum absolute atomic E-state index is 0.00433. The van der Waals surface area contributed by atoms with E-state index in [1.165, 1.54) is 16.9 Å². The second-order valence-corrected chi connectivity index (χ2v) is 8.44. The zero-order valence-electron chi connectivity index (χ0n) is 16.2. The first kappa shape index (κ1) is 20.7. The van der Waals surface area contributed by atoms with Gasteiger partial charge in [-0.05, 0) is 43.5 Å². The molecule has 1 unspecified atom stereocenters. The third kappa shape index (κ3) is 4.51. The maximum Gasteiger partial charge on any atom is 0.261 e. The molecule has 0 aliphatic heterocycles. The van der Waals surface area contributed by atoms with E-state index in [2.05, 4.69) is 43.3 Å². The Labute approximate surface area is 176 Å². The van der Waals surface area contributed by atoms with Gasteiger partial charge in [0.15, 0.2) is 5.82 Å². The number of ether oxygens (including phenoxy) is 2. The number of hydrogen-bond donors (Lipinski definition) is 1. The molecule has 0 fully saturated rings. The lowest BCUT2D eigenvalue weighted by molar-refractivity contribution is 0.0943. The molecule has 0 saturated carbocycles. The summed E-state index contributed by atoms with van der Waals surface area (Å²) in [7, 11) is 3.15. The van der Waals surface area contributed by atoms with E-state index in [0.717, 1.165) is 26.7 Å². The van der Waals surface area contributed by atoms with Crippen molar-refractivity contribution < 1.29 is 14.3 Å². The van der Waals surface area contributed by atoms with E-state index < -0.39 is 0 Å². The van der Waals surface area contributed by atoms with Crippen molar-refractivity contribution in [2.45, 2.75) is 32.9 Å². The Morgan fingerprint density at radius 2 is 1.96 bits per heavy atom. The number of fused-ring (bicyclic) bond motifs is 1. The van der Waals surface area contributed by atoms with Crippen molar-refractivity contribution in [3.05, 3.63) is 50.6 Å². The highest BCUT2D eigenvalue weighted by molar-refractivity contribution is 9.10. The zero-order chi connectivity index (χ0) is 20.3. The number of aromatic nitrogens is 2. The fourth-order valence-electron chi connectivity index (χ4n) is 3.02. The molecule has 28 heavy (non-hydrogen) atoms. The molecule has 0 spiro atoms. The van der Waals surface area contributed by atoms with Gasteiger partial charge < -0.3 is 14.8 Å². The van der Waals surface area contributed by atoms with E-state index in [4.69, 9.17) is 9.47 Å². The van der Waals surface area contributed by atoms with Crippen molar-refractivity contribution in [1.82, 2.24) is 15.3 Å². The summed E-state index contributed by atoms with van der Waals surface area (Å²) >= 11 is 4.78. The van der Waals surface area contributed by atoms with Crippen molar-refractivity contribution in [3.63, 3.8) is 0 Å². The highest BCUT2D eigenvalue weighted by atomic mass is 79.9. The van der Waals surface area contributed by atoms with Crippen LogP contribution >= 0.6 is 27.3 Å². The van der Waals surface area contributed by atoms with Gasteiger partial charge in [0.05, 0.1) is 17.4 Å². The van der Waals surface area contributed by atoms with Crippen LogP contribution in [0.25, 0.3) is 10.2 Å². The van der Waals surface area contributed by atoms with Crippen LogP contribution < -0.4 is 10.1 Å². The molecule has 8 heteroatoms. The maximum absolute atomic E-state index is 12.9. The van der Waals surface area contributed by atoms with E-state index in [1.807, 2.05) is 26.0 Å². The van der Waals surface area contributed by atoms with E-state index in [0.29, 0.717) is 16.6 Å². The lowest BCUT2D eigenvalue weighted by Gasteiger charge is -2.14. The average Bonchev–Trinajstić information content (AvgIpc) is 3.00. The fraction of sp³-hybridized carbons (Fsp3) is 0.350. The first-order valence-electron chi connectivity index (χ1n) is 8.81. The Kier molecular flexibility index (Phi) is 6.64. The second kappa shape index (κ2) is 8.98. The van der Waals surface area contributed by atoms with Crippen LogP contribution in [0.5, 0.6) is 5.88 Å². The quantitative estimate of drug-likeness (QED) is 0.565. The molecule has 2 aromatic heterocycles. The summed E-state index contributed by atoms with van der Waals surface area (Å²) in [5.41, 5.74) is 2.00. The number of carbonyl (C=O) groups is 1. The van der Waals surface area contributed by atoms with Gasteiger partial charge in [-0.15, -0.1) is 11.3 Å². The van der Waals surface area contributed by atoms with Crippen LogP contribution in [0.1, 0.15) is 33.5 Å². The molecular formula is C20H22BrN3O3S. The van der Waals surface area contributed by atoms with Crippen LogP contribution in [-0.2, 0) is 17.8 Å². The monoisotopic (exact) mass is 463 g/mol. The Morgan fingerprint density at radius 1 is 1.25 bits per heavy atom. The van der Waals surface area contributed by atoms with Crippen molar-refractivity contribution in [2.75, 3.05) is 14.2 Å². The SMILES string of the molecule is COCc1nc(OC)c2c(C)c(C(=O)NC(C)Cc3ccc(Br)cc3)sc2n1.